The van der Waals surface area contributed by atoms with Gasteiger partial charge in [0.2, 0.25) is 5.91 Å². The number of amides is 1. The van der Waals surface area contributed by atoms with Gasteiger partial charge in [-0.05, 0) is 12.1 Å². The van der Waals surface area contributed by atoms with Crippen LogP contribution in [0.2, 0.25) is 5.15 Å². The van der Waals surface area contributed by atoms with Crippen molar-refractivity contribution in [2.75, 3.05) is 38.6 Å². The molecule has 1 amide bonds. The van der Waals surface area contributed by atoms with Crippen LogP contribution in [0, 0.1) is 0 Å². The van der Waals surface area contributed by atoms with E-state index in [-0.39, 0.29) is 11.9 Å². The van der Waals surface area contributed by atoms with Gasteiger partial charge < -0.3 is 15.1 Å². The van der Waals surface area contributed by atoms with Crippen molar-refractivity contribution in [3.63, 3.8) is 0 Å². The van der Waals surface area contributed by atoms with Gasteiger partial charge in [-0.25, -0.2) is 0 Å². The lowest BCUT2D eigenvalue weighted by atomic mass is 10.1. The lowest BCUT2D eigenvalue weighted by Crippen LogP contribution is -2.58. The highest BCUT2D eigenvalue weighted by molar-refractivity contribution is 6.29. The molecular weight excluding hydrogens is 254 g/mol. The molecule has 98 valence electrons. The molecule has 0 aliphatic carbocycles. The molecular formula is C11H16ClN5O. The number of nitrogens with zero attached hydrogens (tertiary/aromatic N) is 4. The number of nitrogens with one attached hydrogen (secondary N) is 1. The Morgan fingerprint density at radius 1 is 1.50 bits per heavy atom. The summed E-state index contributed by atoms with van der Waals surface area (Å²) in [5, 5.41) is 11.4. The molecule has 0 radical (unpaired) electrons. The molecule has 1 unspecified atom stereocenters. The third-order valence-corrected chi connectivity index (χ3v) is 3.08. The monoisotopic (exact) mass is 269 g/mol. The Morgan fingerprint density at radius 2 is 2.28 bits per heavy atom. The van der Waals surface area contributed by atoms with Crippen LogP contribution in [0.4, 0.5) is 5.82 Å². The molecule has 0 saturated carbocycles. The van der Waals surface area contributed by atoms with Gasteiger partial charge in [-0.1, -0.05) is 11.6 Å². The third kappa shape index (κ3) is 2.70. The summed E-state index contributed by atoms with van der Waals surface area (Å²) in [6.07, 6.45) is 0. The standard InChI is InChI=1S/C11H16ClN5O/c1-16(2)11(18)8-7-13-5-6-17(8)10-4-3-9(12)14-15-10/h3-4,8,13H,5-7H2,1-2H3. The summed E-state index contributed by atoms with van der Waals surface area (Å²) in [4.78, 5) is 15.7. The fraction of sp³-hybridized carbons (Fsp3) is 0.545. The Morgan fingerprint density at radius 3 is 2.89 bits per heavy atom. The van der Waals surface area contributed by atoms with Crippen molar-refractivity contribution in [3.05, 3.63) is 17.3 Å². The average Bonchev–Trinajstić information content (AvgIpc) is 2.39. The summed E-state index contributed by atoms with van der Waals surface area (Å²) in [6, 6.07) is 3.23. The van der Waals surface area contributed by atoms with Crippen molar-refractivity contribution in [2.45, 2.75) is 6.04 Å². The van der Waals surface area contributed by atoms with Gasteiger partial charge in [0.15, 0.2) is 11.0 Å². The van der Waals surface area contributed by atoms with E-state index in [1.807, 2.05) is 4.90 Å². The van der Waals surface area contributed by atoms with Crippen LogP contribution in [0.1, 0.15) is 0 Å². The fourth-order valence-corrected chi connectivity index (χ4v) is 2.06. The summed E-state index contributed by atoms with van der Waals surface area (Å²) >= 11 is 5.72. The van der Waals surface area contributed by atoms with Crippen molar-refractivity contribution in [1.82, 2.24) is 20.4 Å². The second-order valence-corrected chi connectivity index (χ2v) is 4.75. The number of piperazine rings is 1. The maximum atomic E-state index is 12.1. The molecule has 6 nitrogen and oxygen atoms in total. The van der Waals surface area contributed by atoms with E-state index in [1.165, 1.54) is 0 Å². The molecule has 7 heteroatoms. The van der Waals surface area contributed by atoms with Crippen LogP contribution in [0.5, 0.6) is 0 Å². The number of carbonyl (C=O) groups is 1. The molecule has 1 saturated heterocycles. The van der Waals surface area contributed by atoms with E-state index in [1.54, 1.807) is 31.1 Å². The number of anilines is 1. The maximum absolute atomic E-state index is 12.1. The number of halogens is 1. The van der Waals surface area contributed by atoms with Crippen LogP contribution in [0.3, 0.4) is 0 Å². The summed E-state index contributed by atoms with van der Waals surface area (Å²) in [7, 11) is 3.51. The Hall–Kier alpha value is -1.40. The van der Waals surface area contributed by atoms with Gasteiger partial charge in [0, 0.05) is 33.7 Å². The molecule has 1 fully saturated rings. The maximum Gasteiger partial charge on any atom is 0.246 e. The molecule has 1 aromatic rings. The first-order valence-corrected chi connectivity index (χ1v) is 6.15. The molecule has 2 rings (SSSR count). The molecule has 1 aliphatic heterocycles. The molecule has 2 heterocycles. The Kier molecular flexibility index (Phi) is 3.98. The predicted octanol–water partition coefficient (Wildman–Crippen LogP) is -0.00360. The number of hydrogen-bond donors (Lipinski definition) is 1. The highest BCUT2D eigenvalue weighted by Gasteiger charge is 2.30. The fourth-order valence-electron chi connectivity index (χ4n) is 1.96. The molecule has 0 bridgehead atoms. The van der Waals surface area contributed by atoms with E-state index in [9.17, 15) is 4.79 Å². The largest absolute Gasteiger partial charge is 0.347 e. The van der Waals surface area contributed by atoms with Crippen LogP contribution < -0.4 is 10.2 Å². The van der Waals surface area contributed by atoms with Gasteiger partial charge in [0.1, 0.15) is 6.04 Å². The molecule has 1 atom stereocenters. The topological polar surface area (TPSA) is 61.4 Å². The number of rotatable bonds is 2. The third-order valence-electron chi connectivity index (χ3n) is 2.88. The molecule has 0 aromatic carbocycles. The number of likely N-dealkylation sites (N-methyl/N-ethyl adjacent to an activating group) is 1. The number of hydrogen-bond acceptors (Lipinski definition) is 5. The second-order valence-electron chi connectivity index (χ2n) is 4.36. The summed E-state index contributed by atoms with van der Waals surface area (Å²) in [5.74, 6) is 0.736. The van der Waals surface area contributed by atoms with Crippen molar-refractivity contribution < 1.29 is 4.79 Å². The van der Waals surface area contributed by atoms with Crippen molar-refractivity contribution in [3.8, 4) is 0 Å². The molecule has 1 aromatic heterocycles. The first-order chi connectivity index (χ1) is 8.59. The minimum atomic E-state index is -0.246. The second kappa shape index (κ2) is 5.49. The lowest BCUT2D eigenvalue weighted by Gasteiger charge is -2.36. The molecule has 18 heavy (non-hydrogen) atoms. The molecule has 0 spiro atoms. The van der Waals surface area contributed by atoms with E-state index < -0.39 is 0 Å². The Labute approximate surface area is 111 Å². The normalized spacial score (nSPS) is 19.7. The van der Waals surface area contributed by atoms with Crippen LogP contribution in [0.25, 0.3) is 0 Å². The number of carbonyl (C=O) groups excluding carboxylic acids is 1. The van der Waals surface area contributed by atoms with E-state index in [4.69, 9.17) is 11.6 Å². The number of aromatic nitrogens is 2. The highest BCUT2D eigenvalue weighted by Crippen LogP contribution is 2.17. The zero-order valence-corrected chi connectivity index (χ0v) is 11.2. The predicted molar refractivity (Wildman–Crippen MR) is 69.7 cm³/mol. The SMILES string of the molecule is CN(C)C(=O)C1CNCCN1c1ccc(Cl)nn1. The minimum Gasteiger partial charge on any atom is -0.347 e. The van der Waals surface area contributed by atoms with Crippen molar-refractivity contribution in [2.24, 2.45) is 0 Å². The summed E-state index contributed by atoms with van der Waals surface area (Å²) in [6.45, 7) is 2.16. The first kappa shape index (κ1) is 13.0. The highest BCUT2D eigenvalue weighted by atomic mass is 35.5. The van der Waals surface area contributed by atoms with E-state index in [0.29, 0.717) is 17.5 Å². The van der Waals surface area contributed by atoms with Crippen LogP contribution in [0.15, 0.2) is 12.1 Å². The van der Waals surface area contributed by atoms with Crippen molar-refractivity contribution >= 4 is 23.3 Å². The quantitative estimate of drug-likeness (QED) is 0.819. The average molecular weight is 270 g/mol. The Bertz CT molecular complexity index is 422. The van der Waals surface area contributed by atoms with Gasteiger partial charge in [-0.3, -0.25) is 4.79 Å². The minimum absolute atomic E-state index is 0.0546. The smallest absolute Gasteiger partial charge is 0.246 e. The van der Waals surface area contributed by atoms with Gasteiger partial charge in [-0.2, -0.15) is 0 Å². The van der Waals surface area contributed by atoms with Crippen LogP contribution in [-0.4, -0.2) is 60.8 Å². The van der Waals surface area contributed by atoms with E-state index in [2.05, 4.69) is 15.5 Å². The van der Waals surface area contributed by atoms with Crippen LogP contribution >= 0.6 is 11.6 Å². The van der Waals surface area contributed by atoms with Gasteiger partial charge in [-0.15, -0.1) is 10.2 Å². The van der Waals surface area contributed by atoms with Gasteiger partial charge in [0.25, 0.3) is 0 Å². The van der Waals surface area contributed by atoms with Gasteiger partial charge in [0.05, 0.1) is 0 Å². The molecule has 1 aliphatic rings. The van der Waals surface area contributed by atoms with Crippen molar-refractivity contribution in [1.29, 1.82) is 0 Å². The summed E-state index contributed by atoms with van der Waals surface area (Å²) < 4.78 is 0. The van der Waals surface area contributed by atoms with Crippen LogP contribution in [-0.2, 0) is 4.79 Å². The van der Waals surface area contributed by atoms with E-state index >= 15 is 0 Å². The lowest BCUT2D eigenvalue weighted by molar-refractivity contribution is -0.130. The Balaban J connectivity index is 2.22. The zero-order valence-electron chi connectivity index (χ0n) is 10.4. The first-order valence-electron chi connectivity index (χ1n) is 5.77. The van der Waals surface area contributed by atoms with Gasteiger partial charge >= 0.3 is 0 Å². The summed E-state index contributed by atoms with van der Waals surface area (Å²) in [5.41, 5.74) is 0. The molecule has 1 N–H and O–H groups in total. The zero-order chi connectivity index (χ0) is 13.1. The van der Waals surface area contributed by atoms with E-state index in [0.717, 1.165) is 13.1 Å².